The minimum atomic E-state index is -0.0388. The number of ether oxygens (including phenoxy) is 1. The first-order chi connectivity index (χ1) is 8.66. The van der Waals surface area contributed by atoms with Crippen molar-refractivity contribution in [1.82, 2.24) is 0 Å². The summed E-state index contributed by atoms with van der Waals surface area (Å²) in [6.45, 7) is 2.06. The van der Waals surface area contributed by atoms with Crippen molar-refractivity contribution in [2.45, 2.75) is 6.92 Å². The van der Waals surface area contributed by atoms with E-state index in [1.807, 2.05) is 49.4 Å². The summed E-state index contributed by atoms with van der Waals surface area (Å²) >= 11 is 3.36. The van der Waals surface area contributed by atoms with E-state index < -0.39 is 0 Å². The Morgan fingerprint density at radius 3 is 2.44 bits per heavy atom. The fraction of sp³-hybridized carbons (Fsp3) is 0.133. The van der Waals surface area contributed by atoms with Crippen molar-refractivity contribution in [3.63, 3.8) is 0 Å². The van der Waals surface area contributed by atoms with Crippen LogP contribution in [0.4, 0.5) is 0 Å². The first-order valence-corrected chi connectivity index (χ1v) is 6.43. The zero-order valence-electron chi connectivity index (χ0n) is 10.0. The third kappa shape index (κ3) is 3.20. The average molecular weight is 305 g/mol. The van der Waals surface area contributed by atoms with Crippen molar-refractivity contribution >= 4 is 21.7 Å². The van der Waals surface area contributed by atoms with Crippen LogP contribution in [0.1, 0.15) is 15.9 Å². The van der Waals surface area contributed by atoms with Crippen LogP contribution >= 0.6 is 15.9 Å². The van der Waals surface area contributed by atoms with Crippen LogP contribution in [0.2, 0.25) is 0 Å². The van der Waals surface area contributed by atoms with E-state index in [9.17, 15) is 4.79 Å². The monoisotopic (exact) mass is 304 g/mol. The molecule has 2 nitrogen and oxygen atoms in total. The van der Waals surface area contributed by atoms with Gasteiger partial charge in [-0.25, -0.2) is 0 Å². The van der Waals surface area contributed by atoms with Gasteiger partial charge in [0, 0.05) is 10.0 Å². The third-order valence-corrected chi connectivity index (χ3v) is 3.26. The molecule has 0 saturated heterocycles. The minimum Gasteiger partial charge on any atom is -0.485 e. The Bertz CT molecular complexity index is 547. The van der Waals surface area contributed by atoms with Crippen LogP contribution in [-0.2, 0) is 0 Å². The number of Topliss-reactive ketones (excluding diaryl/α,β-unsaturated/α-hetero) is 1. The Kier molecular flexibility index (Phi) is 4.15. The lowest BCUT2D eigenvalue weighted by Crippen LogP contribution is -2.12. The molecule has 0 aliphatic heterocycles. The first kappa shape index (κ1) is 12.8. The summed E-state index contributed by atoms with van der Waals surface area (Å²) < 4.78 is 6.26. The number of ketones is 1. The molecule has 0 spiro atoms. The van der Waals surface area contributed by atoms with E-state index in [1.54, 1.807) is 6.07 Å². The van der Waals surface area contributed by atoms with Crippen molar-refractivity contribution in [2.24, 2.45) is 0 Å². The Hall–Kier alpha value is -1.61. The number of hydrogen-bond acceptors (Lipinski definition) is 2. The van der Waals surface area contributed by atoms with Crippen LogP contribution in [0.15, 0.2) is 53.0 Å². The summed E-state index contributed by atoms with van der Waals surface area (Å²) in [5, 5.41) is 0. The molecule has 2 rings (SSSR count). The van der Waals surface area contributed by atoms with E-state index in [2.05, 4.69) is 15.9 Å². The predicted molar refractivity (Wildman–Crippen MR) is 75.1 cm³/mol. The Morgan fingerprint density at radius 2 is 1.78 bits per heavy atom. The summed E-state index contributed by atoms with van der Waals surface area (Å²) in [7, 11) is 0. The maximum atomic E-state index is 12.0. The van der Waals surface area contributed by atoms with Gasteiger partial charge in [0.15, 0.2) is 6.61 Å². The molecular formula is C15H13BrO2. The highest BCUT2D eigenvalue weighted by Gasteiger charge is 2.09. The maximum absolute atomic E-state index is 12.0. The minimum absolute atomic E-state index is 0.0388. The molecule has 0 bridgehead atoms. The number of hydrogen-bond donors (Lipinski definition) is 0. The second kappa shape index (κ2) is 5.83. The van der Waals surface area contributed by atoms with E-state index in [4.69, 9.17) is 4.74 Å². The van der Waals surface area contributed by atoms with Gasteiger partial charge in [0.2, 0.25) is 5.78 Å². The summed E-state index contributed by atoms with van der Waals surface area (Å²) in [6, 6.07) is 15.0. The van der Waals surface area contributed by atoms with Crippen molar-refractivity contribution < 1.29 is 9.53 Å². The standard InChI is InChI=1S/C15H13BrO2/c1-11-6-8-12(9-7-11)18-10-15(17)13-4-2-3-5-14(13)16/h2-9H,10H2,1H3. The van der Waals surface area contributed by atoms with E-state index in [0.29, 0.717) is 11.3 Å². The van der Waals surface area contributed by atoms with Gasteiger partial charge < -0.3 is 4.74 Å². The fourth-order valence-electron chi connectivity index (χ4n) is 1.55. The van der Waals surface area contributed by atoms with Crippen molar-refractivity contribution in [2.75, 3.05) is 6.61 Å². The molecule has 0 amide bonds. The molecule has 0 unspecified atom stereocenters. The maximum Gasteiger partial charge on any atom is 0.201 e. The Labute approximate surface area is 115 Å². The number of carbonyl (C=O) groups is 1. The van der Waals surface area contributed by atoms with Crippen molar-refractivity contribution in [3.8, 4) is 5.75 Å². The number of rotatable bonds is 4. The fourth-order valence-corrected chi connectivity index (χ4v) is 2.05. The highest BCUT2D eigenvalue weighted by molar-refractivity contribution is 9.10. The lowest BCUT2D eigenvalue weighted by atomic mass is 10.1. The summed E-state index contributed by atoms with van der Waals surface area (Å²) in [5.74, 6) is 0.670. The molecule has 18 heavy (non-hydrogen) atoms. The third-order valence-electron chi connectivity index (χ3n) is 2.57. The van der Waals surface area contributed by atoms with E-state index in [-0.39, 0.29) is 12.4 Å². The van der Waals surface area contributed by atoms with Crippen LogP contribution < -0.4 is 4.74 Å². The molecule has 2 aromatic rings. The molecule has 3 heteroatoms. The molecule has 0 N–H and O–H groups in total. The molecule has 0 heterocycles. The number of aryl methyl sites for hydroxylation is 1. The second-order valence-electron chi connectivity index (χ2n) is 4.00. The van der Waals surface area contributed by atoms with Crippen LogP contribution in [0, 0.1) is 6.92 Å². The van der Waals surface area contributed by atoms with Gasteiger partial charge in [0.25, 0.3) is 0 Å². The molecule has 2 aromatic carbocycles. The van der Waals surface area contributed by atoms with Crippen molar-refractivity contribution in [3.05, 3.63) is 64.1 Å². The lowest BCUT2D eigenvalue weighted by Gasteiger charge is -2.06. The van der Waals surface area contributed by atoms with Gasteiger partial charge >= 0.3 is 0 Å². The predicted octanol–water partition coefficient (Wildman–Crippen LogP) is 4.02. The molecule has 0 saturated carbocycles. The van der Waals surface area contributed by atoms with E-state index in [1.165, 1.54) is 5.56 Å². The van der Waals surface area contributed by atoms with Gasteiger partial charge in [0.1, 0.15) is 5.75 Å². The highest BCUT2D eigenvalue weighted by atomic mass is 79.9. The van der Waals surface area contributed by atoms with E-state index >= 15 is 0 Å². The van der Waals surface area contributed by atoms with Gasteiger partial charge in [-0.05, 0) is 25.1 Å². The molecule has 0 atom stereocenters. The SMILES string of the molecule is Cc1ccc(OCC(=O)c2ccccc2Br)cc1. The topological polar surface area (TPSA) is 26.3 Å². The quantitative estimate of drug-likeness (QED) is 0.798. The highest BCUT2D eigenvalue weighted by Crippen LogP contribution is 2.17. The van der Waals surface area contributed by atoms with Gasteiger partial charge in [-0.15, -0.1) is 0 Å². The summed E-state index contributed by atoms with van der Waals surface area (Å²) in [6.07, 6.45) is 0. The second-order valence-corrected chi connectivity index (χ2v) is 4.86. The van der Waals surface area contributed by atoms with Gasteiger partial charge in [-0.3, -0.25) is 4.79 Å². The van der Waals surface area contributed by atoms with Gasteiger partial charge in [-0.1, -0.05) is 51.8 Å². The molecule has 0 aliphatic rings. The first-order valence-electron chi connectivity index (χ1n) is 5.64. The largest absolute Gasteiger partial charge is 0.485 e. The Morgan fingerprint density at radius 1 is 1.11 bits per heavy atom. The molecular weight excluding hydrogens is 292 g/mol. The number of benzene rings is 2. The molecule has 0 fully saturated rings. The zero-order chi connectivity index (χ0) is 13.0. The summed E-state index contributed by atoms with van der Waals surface area (Å²) in [5.41, 5.74) is 1.81. The van der Waals surface area contributed by atoms with Crippen LogP contribution in [-0.4, -0.2) is 12.4 Å². The van der Waals surface area contributed by atoms with Crippen LogP contribution in [0.3, 0.4) is 0 Å². The normalized spacial score (nSPS) is 10.1. The molecule has 0 aromatic heterocycles. The zero-order valence-corrected chi connectivity index (χ0v) is 11.6. The van der Waals surface area contributed by atoms with Gasteiger partial charge in [-0.2, -0.15) is 0 Å². The molecule has 0 aliphatic carbocycles. The summed E-state index contributed by atoms with van der Waals surface area (Å²) in [4.78, 5) is 12.0. The lowest BCUT2D eigenvalue weighted by molar-refractivity contribution is 0.0921. The number of carbonyl (C=O) groups excluding carboxylic acids is 1. The van der Waals surface area contributed by atoms with Crippen LogP contribution in [0.5, 0.6) is 5.75 Å². The smallest absolute Gasteiger partial charge is 0.201 e. The Balaban J connectivity index is 2.01. The van der Waals surface area contributed by atoms with Gasteiger partial charge in [0.05, 0.1) is 0 Å². The number of halogens is 1. The van der Waals surface area contributed by atoms with Crippen molar-refractivity contribution in [1.29, 1.82) is 0 Å². The molecule has 0 radical (unpaired) electrons. The van der Waals surface area contributed by atoms with E-state index in [0.717, 1.165) is 4.47 Å². The average Bonchev–Trinajstić information content (AvgIpc) is 2.38. The molecule has 92 valence electrons. The van der Waals surface area contributed by atoms with Crippen LogP contribution in [0.25, 0.3) is 0 Å².